The summed E-state index contributed by atoms with van der Waals surface area (Å²) in [5, 5.41) is 13.4. The Morgan fingerprint density at radius 1 is 1.67 bits per heavy atom. The molecular formula is C9H6BrFN2O2. The van der Waals surface area contributed by atoms with Crippen LogP contribution in [-0.4, -0.2) is 20.9 Å². The van der Waals surface area contributed by atoms with Crippen molar-refractivity contribution in [2.75, 3.05) is 0 Å². The van der Waals surface area contributed by atoms with Crippen LogP contribution in [0, 0.1) is 5.82 Å². The highest BCUT2D eigenvalue weighted by molar-refractivity contribution is 9.10. The average molecular weight is 273 g/mol. The molecule has 0 fully saturated rings. The molecule has 6 heteroatoms. The monoisotopic (exact) mass is 272 g/mol. The molecule has 0 aliphatic carbocycles. The van der Waals surface area contributed by atoms with Gasteiger partial charge >= 0.3 is 5.97 Å². The predicted octanol–water partition coefficient (Wildman–Crippen LogP) is 2.17. The first-order valence-electron chi connectivity index (χ1n) is 4.05. The third-order valence-electron chi connectivity index (χ3n) is 2.03. The number of carbonyl (C=O) groups is 1. The molecule has 0 aliphatic heterocycles. The van der Waals surface area contributed by atoms with Crippen LogP contribution in [0.2, 0.25) is 0 Å². The Morgan fingerprint density at radius 3 is 2.93 bits per heavy atom. The molecule has 2 aromatic rings. The minimum Gasteiger partial charge on any atom is -0.478 e. The van der Waals surface area contributed by atoms with Gasteiger partial charge < -0.3 is 5.11 Å². The van der Waals surface area contributed by atoms with Crippen molar-refractivity contribution in [2.24, 2.45) is 7.05 Å². The first-order valence-corrected chi connectivity index (χ1v) is 4.84. The fourth-order valence-electron chi connectivity index (χ4n) is 1.43. The quantitative estimate of drug-likeness (QED) is 0.866. The normalized spacial score (nSPS) is 10.9. The molecule has 0 bridgehead atoms. The van der Waals surface area contributed by atoms with Crippen molar-refractivity contribution >= 4 is 32.8 Å². The molecule has 1 heterocycles. The maximum Gasteiger partial charge on any atom is 0.341 e. The molecule has 0 radical (unpaired) electrons. The molecule has 15 heavy (non-hydrogen) atoms. The molecule has 0 amide bonds. The number of aryl methyl sites for hydroxylation is 1. The zero-order valence-corrected chi connectivity index (χ0v) is 9.25. The van der Waals surface area contributed by atoms with Crippen molar-refractivity contribution in [3.8, 4) is 0 Å². The number of hydrogen-bond donors (Lipinski definition) is 1. The maximum absolute atomic E-state index is 13.4. The van der Waals surface area contributed by atoms with Crippen LogP contribution in [0.5, 0.6) is 0 Å². The summed E-state index contributed by atoms with van der Waals surface area (Å²) < 4.78 is 15.3. The van der Waals surface area contributed by atoms with Gasteiger partial charge in [0.2, 0.25) is 0 Å². The van der Waals surface area contributed by atoms with Crippen LogP contribution >= 0.6 is 15.9 Å². The largest absolute Gasteiger partial charge is 0.478 e. The van der Waals surface area contributed by atoms with Crippen molar-refractivity contribution < 1.29 is 14.3 Å². The topological polar surface area (TPSA) is 55.1 Å². The molecule has 1 aromatic heterocycles. The number of carboxylic acid groups (broad SMARTS) is 1. The second-order valence-electron chi connectivity index (χ2n) is 3.09. The number of aromatic nitrogens is 2. The first kappa shape index (κ1) is 10.1. The van der Waals surface area contributed by atoms with Crippen molar-refractivity contribution in [3.63, 3.8) is 0 Å². The number of nitrogens with zero attached hydrogens (tertiary/aromatic N) is 2. The molecule has 0 spiro atoms. The molecule has 1 aromatic carbocycles. The summed E-state index contributed by atoms with van der Waals surface area (Å²) in [7, 11) is 1.65. The summed E-state index contributed by atoms with van der Waals surface area (Å²) in [6.07, 6.45) is 1.63. The number of halogens is 2. The zero-order chi connectivity index (χ0) is 11.2. The lowest BCUT2D eigenvalue weighted by atomic mass is 10.1. The molecule has 78 valence electrons. The van der Waals surface area contributed by atoms with Gasteiger partial charge in [0.15, 0.2) is 0 Å². The maximum atomic E-state index is 13.4. The fraction of sp³-hybridized carbons (Fsp3) is 0.111. The highest BCUT2D eigenvalue weighted by atomic mass is 79.9. The zero-order valence-electron chi connectivity index (χ0n) is 7.66. The summed E-state index contributed by atoms with van der Waals surface area (Å²) in [4.78, 5) is 10.9. The summed E-state index contributed by atoms with van der Waals surface area (Å²) in [6.45, 7) is 0. The van der Waals surface area contributed by atoms with Crippen molar-refractivity contribution in [3.05, 3.63) is 28.1 Å². The lowest BCUT2D eigenvalue weighted by Gasteiger charge is -1.99. The SMILES string of the molecule is Cn1cc2c(Br)cc(F)c(C(=O)O)c2n1. The molecule has 0 unspecified atom stereocenters. The Bertz CT molecular complexity index is 565. The first-order chi connectivity index (χ1) is 7.00. The van der Waals surface area contributed by atoms with E-state index in [1.807, 2.05) is 0 Å². The summed E-state index contributed by atoms with van der Waals surface area (Å²) in [5.41, 5.74) is -0.245. The lowest BCUT2D eigenvalue weighted by Crippen LogP contribution is -2.02. The minimum absolute atomic E-state index is 0.150. The van der Waals surface area contributed by atoms with Gasteiger partial charge in [0.05, 0.1) is 0 Å². The number of carboxylic acids is 1. The summed E-state index contributed by atoms with van der Waals surface area (Å²) >= 11 is 3.16. The molecule has 0 atom stereocenters. The smallest absolute Gasteiger partial charge is 0.341 e. The Balaban J connectivity index is 2.95. The number of hydrogen-bond acceptors (Lipinski definition) is 2. The molecular weight excluding hydrogens is 267 g/mol. The molecule has 1 N–H and O–H groups in total. The van der Waals surface area contributed by atoms with Crippen LogP contribution < -0.4 is 0 Å². The second-order valence-corrected chi connectivity index (χ2v) is 3.94. The van der Waals surface area contributed by atoms with Crippen LogP contribution in [0.4, 0.5) is 4.39 Å². The number of benzene rings is 1. The molecule has 0 aliphatic rings. The van der Waals surface area contributed by atoms with E-state index in [0.29, 0.717) is 9.86 Å². The van der Waals surface area contributed by atoms with E-state index in [1.165, 1.54) is 4.68 Å². The van der Waals surface area contributed by atoms with E-state index in [9.17, 15) is 9.18 Å². The van der Waals surface area contributed by atoms with E-state index in [0.717, 1.165) is 6.07 Å². The second kappa shape index (κ2) is 3.30. The van der Waals surface area contributed by atoms with Gasteiger partial charge in [-0.25, -0.2) is 9.18 Å². The van der Waals surface area contributed by atoms with E-state index in [1.54, 1.807) is 13.2 Å². The van der Waals surface area contributed by atoms with E-state index < -0.39 is 17.3 Å². The highest BCUT2D eigenvalue weighted by Gasteiger charge is 2.19. The fourth-order valence-corrected chi connectivity index (χ4v) is 1.92. The Hall–Kier alpha value is -1.43. The van der Waals surface area contributed by atoms with E-state index in [-0.39, 0.29) is 5.52 Å². The van der Waals surface area contributed by atoms with E-state index in [4.69, 9.17) is 5.11 Å². The Kier molecular flexibility index (Phi) is 2.22. The average Bonchev–Trinajstić information content (AvgIpc) is 2.45. The summed E-state index contributed by atoms with van der Waals surface area (Å²) in [5.74, 6) is -2.11. The standard InChI is InChI=1S/C9H6BrFN2O2/c1-13-3-4-5(10)2-6(11)7(9(14)15)8(4)12-13/h2-3H,1H3,(H,14,15). The highest BCUT2D eigenvalue weighted by Crippen LogP contribution is 2.28. The summed E-state index contributed by atoms with van der Waals surface area (Å²) in [6, 6.07) is 1.13. The third kappa shape index (κ3) is 1.50. The van der Waals surface area contributed by atoms with Gasteiger partial charge in [0.1, 0.15) is 16.9 Å². The van der Waals surface area contributed by atoms with Gasteiger partial charge in [-0.1, -0.05) is 0 Å². The van der Waals surface area contributed by atoms with E-state index >= 15 is 0 Å². The van der Waals surface area contributed by atoms with Crippen molar-refractivity contribution in [1.82, 2.24) is 9.78 Å². The number of rotatable bonds is 1. The van der Waals surface area contributed by atoms with Crippen molar-refractivity contribution in [1.29, 1.82) is 0 Å². The van der Waals surface area contributed by atoms with Gasteiger partial charge in [-0.2, -0.15) is 5.10 Å². The van der Waals surface area contributed by atoms with Crippen LogP contribution in [0.1, 0.15) is 10.4 Å². The third-order valence-corrected chi connectivity index (χ3v) is 2.69. The van der Waals surface area contributed by atoms with Crippen LogP contribution in [0.3, 0.4) is 0 Å². The van der Waals surface area contributed by atoms with Gasteiger partial charge in [-0.05, 0) is 22.0 Å². The molecule has 2 rings (SSSR count). The van der Waals surface area contributed by atoms with Gasteiger partial charge in [-0.3, -0.25) is 4.68 Å². The van der Waals surface area contributed by atoms with Crippen LogP contribution in [0.15, 0.2) is 16.7 Å². The number of aromatic carboxylic acids is 1. The molecule has 4 nitrogen and oxygen atoms in total. The molecule has 0 saturated heterocycles. The number of fused-ring (bicyclic) bond motifs is 1. The Morgan fingerprint density at radius 2 is 2.33 bits per heavy atom. The van der Waals surface area contributed by atoms with E-state index in [2.05, 4.69) is 21.0 Å². The van der Waals surface area contributed by atoms with Gasteiger partial charge in [0.25, 0.3) is 0 Å². The molecule has 0 saturated carbocycles. The van der Waals surface area contributed by atoms with Gasteiger partial charge in [-0.15, -0.1) is 0 Å². The van der Waals surface area contributed by atoms with Crippen LogP contribution in [-0.2, 0) is 7.05 Å². The minimum atomic E-state index is -1.32. The van der Waals surface area contributed by atoms with Gasteiger partial charge in [0, 0.05) is 23.1 Å². The Labute approximate surface area is 92.4 Å². The van der Waals surface area contributed by atoms with Crippen molar-refractivity contribution in [2.45, 2.75) is 0 Å². The lowest BCUT2D eigenvalue weighted by molar-refractivity contribution is 0.0694. The van der Waals surface area contributed by atoms with Crippen LogP contribution in [0.25, 0.3) is 10.9 Å². The predicted molar refractivity (Wildman–Crippen MR) is 55.3 cm³/mol.